The highest BCUT2D eigenvalue weighted by molar-refractivity contribution is 5.39. The lowest BCUT2D eigenvalue weighted by atomic mass is 10.1. The van der Waals surface area contributed by atoms with E-state index in [-0.39, 0.29) is 10.6 Å². The molecule has 4 heteroatoms. The predicted octanol–water partition coefficient (Wildman–Crippen LogP) is 2.97. The molecule has 0 heterocycles. The van der Waals surface area contributed by atoms with Gasteiger partial charge in [0.2, 0.25) is 0 Å². The quantitative estimate of drug-likeness (QED) is 0.478. The molecule has 0 atom stereocenters. The van der Waals surface area contributed by atoms with Crippen LogP contribution in [-0.2, 0) is 12.8 Å². The smallest absolute Gasteiger partial charge is 0.272 e. The zero-order valence-corrected chi connectivity index (χ0v) is 11.3. The van der Waals surface area contributed by atoms with Crippen LogP contribution in [0.1, 0.15) is 11.1 Å². The van der Waals surface area contributed by atoms with Crippen LogP contribution in [0.15, 0.2) is 54.6 Å². The summed E-state index contributed by atoms with van der Waals surface area (Å²) < 4.78 is 0. The molecule has 0 aromatic heterocycles. The lowest BCUT2D eigenvalue weighted by molar-refractivity contribution is -0.385. The second kappa shape index (κ2) is 7.40. The van der Waals surface area contributed by atoms with E-state index >= 15 is 0 Å². The number of hydrogen-bond donors (Lipinski definition) is 1. The molecule has 0 saturated heterocycles. The maximum absolute atomic E-state index is 10.9. The van der Waals surface area contributed by atoms with E-state index in [1.165, 1.54) is 5.56 Å². The number of para-hydroxylation sites is 1. The fraction of sp³-hybridized carbons (Fsp3) is 0.250. The SMILES string of the molecule is O=[N+]([O-])c1ccccc1CCNCCc1ccccc1. The van der Waals surface area contributed by atoms with Crippen LogP contribution in [0, 0.1) is 10.1 Å². The summed E-state index contributed by atoms with van der Waals surface area (Å²) in [7, 11) is 0. The molecular weight excluding hydrogens is 252 g/mol. The molecule has 0 radical (unpaired) electrons. The van der Waals surface area contributed by atoms with Crippen molar-refractivity contribution < 1.29 is 4.92 Å². The Kier molecular flexibility index (Phi) is 5.26. The topological polar surface area (TPSA) is 55.2 Å². The zero-order chi connectivity index (χ0) is 14.2. The van der Waals surface area contributed by atoms with Crippen molar-refractivity contribution in [2.45, 2.75) is 12.8 Å². The van der Waals surface area contributed by atoms with Gasteiger partial charge < -0.3 is 5.32 Å². The number of nitrogens with zero attached hydrogens (tertiary/aromatic N) is 1. The molecule has 104 valence electrons. The van der Waals surface area contributed by atoms with Gasteiger partial charge in [0.25, 0.3) is 5.69 Å². The molecule has 2 rings (SSSR count). The largest absolute Gasteiger partial charge is 0.316 e. The van der Waals surface area contributed by atoms with E-state index in [0.717, 1.165) is 25.1 Å². The summed E-state index contributed by atoms with van der Waals surface area (Å²) in [6.45, 7) is 1.63. The molecule has 0 aliphatic rings. The first-order chi connectivity index (χ1) is 9.77. The first-order valence-corrected chi connectivity index (χ1v) is 6.74. The van der Waals surface area contributed by atoms with Gasteiger partial charge in [-0.3, -0.25) is 10.1 Å². The molecule has 0 aliphatic carbocycles. The van der Waals surface area contributed by atoms with Gasteiger partial charge in [0, 0.05) is 11.6 Å². The number of rotatable bonds is 7. The number of nitro groups is 1. The van der Waals surface area contributed by atoms with Crippen LogP contribution in [0.4, 0.5) is 5.69 Å². The second-order valence-corrected chi connectivity index (χ2v) is 4.62. The van der Waals surface area contributed by atoms with E-state index in [1.807, 2.05) is 30.3 Å². The summed E-state index contributed by atoms with van der Waals surface area (Å²) in [5, 5.41) is 14.2. The van der Waals surface area contributed by atoms with Crippen LogP contribution in [-0.4, -0.2) is 18.0 Å². The van der Waals surface area contributed by atoms with Crippen LogP contribution < -0.4 is 5.32 Å². The number of benzene rings is 2. The molecule has 0 saturated carbocycles. The van der Waals surface area contributed by atoms with Gasteiger partial charge in [-0.05, 0) is 31.5 Å². The number of hydrogen-bond acceptors (Lipinski definition) is 3. The molecule has 0 aliphatic heterocycles. The van der Waals surface area contributed by atoms with E-state index < -0.39 is 0 Å². The molecule has 0 spiro atoms. The summed E-state index contributed by atoms with van der Waals surface area (Å²) >= 11 is 0. The Hall–Kier alpha value is -2.20. The molecule has 1 N–H and O–H groups in total. The van der Waals surface area contributed by atoms with E-state index in [1.54, 1.807) is 12.1 Å². The summed E-state index contributed by atoms with van der Waals surface area (Å²) in [5.41, 5.74) is 2.28. The molecule has 0 amide bonds. The van der Waals surface area contributed by atoms with Crippen molar-refractivity contribution in [3.63, 3.8) is 0 Å². The van der Waals surface area contributed by atoms with Crippen LogP contribution in [0.25, 0.3) is 0 Å². The van der Waals surface area contributed by atoms with Gasteiger partial charge in [0.15, 0.2) is 0 Å². The highest BCUT2D eigenvalue weighted by Gasteiger charge is 2.11. The molecule has 4 nitrogen and oxygen atoms in total. The second-order valence-electron chi connectivity index (χ2n) is 4.62. The van der Waals surface area contributed by atoms with Crippen molar-refractivity contribution in [1.82, 2.24) is 5.32 Å². The van der Waals surface area contributed by atoms with Crippen LogP contribution in [0.3, 0.4) is 0 Å². The minimum absolute atomic E-state index is 0.206. The Morgan fingerprint density at radius 1 is 0.900 bits per heavy atom. The fourth-order valence-corrected chi connectivity index (χ4v) is 2.13. The highest BCUT2D eigenvalue weighted by Crippen LogP contribution is 2.17. The van der Waals surface area contributed by atoms with Gasteiger partial charge in [0.05, 0.1) is 4.92 Å². The first-order valence-electron chi connectivity index (χ1n) is 6.74. The van der Waals surface area contributed by atoms with Crippen molar-refractivity contribution in [2.24, 2.45) is 0 Å². The lowest BCUT2D eigenvalue weighted by Gasteiger charge is -2.05. The molecule has 2 aromatic carbocycles. The van der Waals surface area contributed by atoms with Gasteiger partial charge >= 0.3 is 0 Å². The Morgan fingerprint density at radius 2 is 1.55 bits per heavy atom. The third-order valence-electron chi connectivity index (χ3n) is 3.19. The fourth-order valence-electron chi connectivity index (χ4n) is 2.13. The lowest BCUT2D eigenvalue weighted by Crippen LogP contribution is -2.20. The molecule has 0 bridgehead atoms. The minimum atomic E-state index is -0.320. The van der Waals surface area contributed by atoms with E-state index in [9.17, 15) is 10.1 Å². The van der Waals surface area contributed by atoms with Crippen molar-refractivity contribution in [1.29, 1.82) is 0 Å². The van der Waals surface area contributed by atoms with Gasteiger partial charge in [-0.1, -0.05) is 48.5 Å². The third-order valence-corrected chi connectivity index (χ3v) is 3.19. The van der Waals surface area contributed by atoms with Gasteiger partial charge in [-0.25, -0.2) is 0 Å². The van der Waals surface area contributed by atoms with Crippen LogP contribution >= 0.6 is 0 Å². The Morgan fingerprint density at radius 3 is 2.30 bits per heavy atom. The first kappa shape index (κ1) is 14.2. The Balaban J connectivity index is 1.75. The van der Waals surface area contributed by atoms with Crippen molar-refractivity contribution in [3.8, 4) is 0 Å². The Bertz CT molecular complexity index is 555. The zero-order valence-electron chi connectivity index (χ0n) is 11.3. The average Bonchev–Trinajstić information content (AvgIpc) is 2.48. The van der Waals surface area contributed by atoms with E-state index in [0.29, 0.717) is 6.42 Å². The normalized spacial score (nSPS) is 10.4. The Labute approximate surface area is 118 Å². The predicted molar refractivity (Wildman–Crippen MR) is 79.8 cm³/mol. The minimum Gasteiger partial charge on any atom is -0.316 e. The van der Waals surface area contributed by atoms with E-state index in [4.69, 9.17) is 0 Å². The van der Waals surface area contributed by atoms with Crippen LogP contribution in [0.5, 0.6) is 0 Å². The highest BCUT2D eigenvalue weighted by atomic mass is 16.6. The van der Waals surface area contributed by atoms with E-state index in [2.05, 4.69) is 17.4 Å². The van der Waals surface area contributed by atoms with Gasteiger partial charge in [-0.2, -0.15) is 0 Å². The summed E-state index contributed by atoms with van der Waals surface area (Å²) in [6.07, 6.45) is 1.64. The summed E-state index contributed by atoms with van der Waals surface area (Å²) in [4.78, 5) is 10.6. The molecule has 0 unspecified atom stereocenters. The maximum Gasteiger partial charge on any atom is 0.272 e. The maximum atomic E-state index is 10.9. The molecule has 2 aromatic rings. The van der Waals surface area contributed by atoms with Gasteiger partial charge in [-0.15, -0.1) is 0 Å². The third kappa shape index (κ3) is 4.17. The number of nitro benzene ring substituents is 1. The summed E-state index contributed by atoms with van der Waals surface area (Å²) in [6, 6.07) is 17.2. The van der Waals surface area contributed by atoms with Crippen LogP contribution in [0.2, 0.25) is 0 Å². The molecule has 20 heavy (non-hydrogen) atoms. The number of nitrogens with one attached hydrogen (secondary N) is 1. The van der Waals surface area contributed by atoms with Gasteiger partial charge in [0.1, 0.15) is 0 Å². The van der Waals surface area contributed by atoms with Crippen molar-refractivity contribution in [2.75, 3.05) is 13.1 Å². The summed E-state index contributed by atoms with van der Waals surface area (Å²) in [5.74, 6) is 0. The van der Waals surface area contributed by atoms with Crippen molar-refractivity contribution >= 4 is 5.69 Å². The standard InChI is InChI=1S/C16H18N2O2/c19-18(20)16-9-5-4-8-15(16)11-13-17-12-10-14-6-2-1-3-7-14/h1-9,17H,10-13H2. The average molecular weight is 270 g/mol. The monoisotopic (exact) mass is 270 g/mol. The molecule has 0 fully saturated rings. The molecular formula is C16H18N2O2. The van der Waals surface area contributed by atoms with Crippen molar-refractivity contribution in [3.05, 3.63) is 75.8 Å².